The van der Waals surface area contributed by atoms with Crippen molar-refractivity contribution in [2.75, 3.05) is 0 Å². The molecule has 1 heteroatoms. The van der Waals surface area contributed by atoms with Crippen LogP contribution in [0.4, 0.5) is 0 Å². The first kappa shape index (κ1) is 22.8. The molecule has 0 radical (unpaired) electrons. The Morgan fingerprint density at radius 3 is 1.80 bits per heavy atom. The molecule has 162 valence electrons. The van der Waals surface area contributed by atoms with Crippen LogP contribution in [0.2, 0.25) is 0 Å². The van der Waals surface area contributed by atoms with Gasteiger partial charge >= 0.3 is 0 Å². The number of hydrogen-bond acceptors (Lipinski definition) is 1. The van der Waals surface area contributed by atoms with Crippen molar-refractivity contribution in [1.29, 1.82) is 0 Å². The highest BCUT2D eigenvalue weighted by atomic mass is 16.3. The molecule has 0 saturated carbocycles. The second-order valence-electron chi connectivity index (χ2n) is 8.91. The van der Waals surface area contributed by atoms with E-state index in [0.717, 1.165) is 44.1 Å². The molecule has 1 nitrogen and oxygen atoms in total. The summed E-state index contributed by atoms with van der Waals surface area (Å²) in [5.74, 6) is 0.0502. The van der Waals surface area contributed by atoms with E-state index in [-0.39, 0.29) is 11.3 Å². The Kier molecular flexibility index (Phi) is 7.94. The quantitative estimate of drug-likeness (QED) is 0.416. The van der Waals surface area contributed by atoms with Crippen molar-refractivity contribution in [2.45, 2.75) is 85.2 Å². The van der Waals surface area contributed by atoms with Crippen LogP contribution in [-0.4, -0.2) is 5.11 Å². The van der Waals surface area contributed by atoms with Crippen molar-refractivity contribution in [3.63, 3.8) is 0 Å². The molecule has 0 aliphatic heterocycles. The Balaban J connectivity index is 2.23. The van der Waals surface area contributed by atoms with Gasteiger partial charge in [0.2, 0.25) is 0 Å². The molecule has 1 spiro atoms. The summed E-state index contributed by atoms with van der Waals surface area (Å²) >= 11 is 0. The minimum Gasteiger partial charge on any atom is -0.388 e. The molecule has 1 aromatic carbocycles. The number of aliphatic hydroxyl groups is 1. The predicted molar refractivity (Wildman–Crippen MR) is 129 cm³/mol. The summed E-state index contributed by atoms with van der Waals surface area (Å²) in [6, 6.07) is 10.3. The first-order valence-corrected chi connectivity index (χ1v) is 12.2. The lowest BCUT2D eigenvalue weighted by molar-refractivity contribution is 0.0923. The largest absolute Gasteiger partial charge is 0.388 e. The third kappa shape index (κ3) is 4.02. The molecule has 2 aliphatic carbocycles. The molecule has 2 aliphatic rings. The van der Waals surface area contributed by atoms with Gasteiger partial charge in [-0.1, -0.05) is 119 Å². The van der Waals surface area contributed by atoms with Crippen LogP contribution in [0.3, 0.4) is 0 Å². The maximum atomic E-state index is 11.6. The average Bonchev–Trinajstić information content (AvgIpc) is 2.99. The summed E-state index contributed by atoms with van der Waals surface area (Å²) in [6.45, 7) is 9.20. The summed E-state index contributed by atoms with van der Waals surface area (Å²) in [7, 11) is 0. The van der Waals surface area contributed by atoms with Gasteiger partial charge in [0.25, 0.3) is 0 Å². The first-order valence-electron chi connectivity index (χ1n) is 12.2. The van der Waals surface area contributed by atoms with Crippen LogP contribution in [0.1, 0.15) is 90.7 Å². The van der Waals surface area contributed by atoms with E-state index in [1.54, 1.807) is 22.3 Å². The van der Waals surface area contributed by atoms with Gasteiger partial charge in [0.05, 0.1) is 6.10 Å². The Morgan fingerprint density at radius 2 is 1.30 bits per heavy atom. The third-order valence-electron chi connectivity index (χ3n) is 6.89. The van der Waals surface area contributed by atoms with Gasteiger partial charge in [0.15, 0.2) is 0 Å². The van der Waals surface area contributed by atoms with Crippen LogP contribution < -0.4 is 0 Å². The summed E-state index contributed by atoms with van der Waals surface area (Å²) in [5.41, 5.74) is 7.29. The Bertz CT molecular complexity index is 789. The lowest BCUT2D eigenvalue weighted by atomic mass is 9.60. The highest BCUT2D eigenvalue weighted by molar-refractivity contribution is 5.59. The molecule has 3 rings (SSSR count). The van der Waals surface area contributed by atoms with Crippen LogP contribution in [0.25, 0.3) is 0 Å². The summed E-state index contributed by atoms with van der Waals surface area (Å²) in [5, 5.41) is 11.6. The van der Waals surface area contributed by atoms with Crippen molar-refractivity contribution >= 4 is 0 Å². The van der Waals surface area contributed by atoms with Gasteiger partial charge < -0.3 is 5.11 Å². The van der Waals surface area contributed by atoms with Gasteiger partial charge in [-0.3, -0.25) is 0 Å². The summed E-state index contributed by atoms with van der Waals surface area (Å²) in [6.07, 6.45) is 17.8. The minimum absolute atomic E-state index is 0.0502. The first-order chi connectivity index (χ1) is 14.6. The Morgan fingerprint density at radius 1 is 0.767 bits per heavy atom. The van der Waals surface area contributed by atoms with E-state index in [0.29, 0.717) is 0 Å². The average molecular weight is 405 g/mol. The number of aliphatic hydroxyl groups excluding tert-OH is 1. The van der Waals surface area contributed by atoms with E-state index in [1.807, 2.05) is 18.2 Å². The molecule has 1 aromatic rings. The van der Waals surface area contributed by atoms with Gasteiger partial charge in [0, 0.05) is 11.3 Å². The predicted octanol–water partition coefficient (Wildman–Crippen LogP) is 8.26. The molecule has 0 bridgehead atoms. The van der Waals surface area contributed by atoms with Crippen molar-refractivity contribution in [1.82, 2.24) is 0 Å². The van der Waals surface area contributed by atoms with Crippen LogP contribution in [0.5, 0.6) is 0 Å². The molecule has 1 N–H and O–H groups in total. The lowest BCUT2D eigenvalue weighted by Gasteiger charge is -2.43. The standard InChI is InChI=1S/C29H40O/c1-5-14-23-24(15-6-2)26(17-8-4)29(25(23)16-7-3)21-13-12-20-27(29)28(30)22-18-10-9-11-19-22/h9-13,18-21,27-28,30H,5-8,14-17H2,1-4H3. The highest BCUT2D eigenvalue weighted by Gasteiger charge is 2.50. The van der Waals surface area contributed by atoms with Crippen LogP contribution >= 0.6 is 0 Å². The maximum Gasteiger partial charge on any atom is 0.0867 e. The number of benzene rings is 1. The fraction of sp³-hybridized carbons (Fsp3) is 0.517. The van der Waals surface area contributed by atoms with Crippen molar-refractivity contribution in [3.05, 3.63) is 82.5 Å². The minimum atomic E-state index is -0.505. The van der Waals surface area contributed by atoms with Crippen molar-refractivity contribution in [2.24, 2.45) is 11.3 Å². The van der Waals surface area contributed by atoms with Gasteiger partial charge in [-0.05, 0) is 42.4 Å². The molecule has 0 aromatic heterocycles. The van der Waals surface area contributed by atoms with Gasteiger partial charge in [-0.2, -0.15) is 0 Å². The monoisotopic (exact) mass is 404 g/mol. The van der Waals surface area contributed by atoms with E-state index in [2.05, 4.69) is 64.1 Å². The second kappa shape index (κ2) is 10.4. The Hall–Kier alpha value is -1.86. The summed E-state index contributed by atoms with van der Waals surface area (Å²) < 4.78 is 0. The maximum absolute atomic E-state index is 11.6. The molecular formula is C29H40O. The van der Waals surface area contributed by atoms with Crippen LogP contribution in [-0.2, 0) is 0 Å². The zero-order valence-corrected chi connectivity index (χ0v) is 19.5. The molecule has 0 fully saturated rings. The zero-order valence-electron chi connectivity index (χ0n) is 19.5. The fourth-order valence-corrected chi connectivity index (χ4v) is 5.83. The van der Waals surface area contributed by atoms with Gasteiger partial charge in [0.1, 0.15) is 0 Å². The van der Waals surface area contributed by atoms with E-state index >= 15 is 0 Å². The normalized spacial score (nSPS) is 21.2. The van der Waals surface area contributed by atoms with Crippen molar-refractivity contribution < 1.29 is 5.11 Å². The molecule has 2 unspecified atom stereocenters. The molecular weight excluding hydrogens is 364 g/mol. The smallest absolute Gasteiger partial charge is 0.0867 e. The summed E-state index contributed by atoms with van der Waals surface area (Å²) in [4.78, 5) is 0. The van der Waals surface area contributed by atoms with Gasteiger partial charge in [-0.15, -0.1) is 0 Å². The van der Waals surface area contributed by atoms with E-state index in [4.69, 9.17) is 0 Å². The van der Waals surface area contributed by atoms with E-state index < -0.39 is 6.10 Å². The van der Waals surface area contributed by atoms with Crippen LogP contribution in [0.15, 0.2) is 76.9 Å². The van der Waals surface area contributed by atoms with Crippen LogP contribution in [0, 0.1) is 11.3 Å². The lowest BCUT2D eigenvalue weighted by Crippen LogP contribution is -2.36. The topological polar surface area (TPSA) is 20.2 Å². The Labute approximate surface area is 184 Å². The molecule has 0 heterocycles. The number of hydrogen-bond donors (Lipinski definition) is 1. The highest BCUT2D eigenvalue weighted by Crippen LogP contribution is 2.61. The molecule has 2 atom stereocenters. The third-order valence-corrected chi connectivity index (χ3v) is 6.89. The molecule has 30 heavy (non-hydrogen) atoms. The van der Waals surface area contributed by atoms with E-state index in [9.17, 15) is 5.11 Å². The van der Waals surface area contributed by atoms with Crippen molar-refractivity contribution in [3.8, 4) is 0 Å². The number of rotatable bonds is 10. The molecule has 0 amide bonds. The zero-order chi connectivity index (χ0) is 21.6. The fourth-order valence-electron chi connectivity index (χ4n) is 5.83. The number of allylic oxidation sites excluding steroid dienone is 7. The second-order valence-corrected chi connectivity index (χ2v) is 8.91. The van der Waals surface area contributed by atoms with E-state index in [1.165, 1.54) is 12.8 Å². The van der Waals surface area contributed by atoms with Gasteiger partial charge in [-0.25, -0.2) is 0 Å². The molecule has 0 saturated heterocycles. The SMILES string of the molecule is CCCC1=C(CCC)C2(C=CC=CC2C(O)c2ccccc2)C(CCC)=C1CCC.